The van der Waals surface area contributed by atoms with Crippen molar-refractivity contribution in [3.8, 4) is 11.3 Å². The summed E-state index contributed by atoms with van der Waals surface area (Å²) in [5.41, 5.74) is 2.83. The number of aryl methyl sites for hydroxylation is 1. The third kappa shape index (κ3) is 3.34. The van der Waals surface area contributed by atoms with Crippen molar-refractivity contribution in [1.29, 1.82) is 0 Å². The van der Waals surface area contributed by atoms with E-state index < -0.39 is 0 Å². The van der Waals surface area contributed by atoms with Crippen LogP contribution in [0.15, 0.2) is 59.1 Å². The van der Waals surface area contributed by atoms with Crippen LogP contribution in [0.25, 0.3) is 11.3 Å². The largest absolute Gasteiger partial charge is 0.360 e. The van der Waals surface area contributed by atoms with Crippen molar-refractivity contribution in [3.63, 3.8) is 0 Å². The lowest BCUT2D eigenvalue weighted by atomic mass is 10.0. The van der Waals surface area contributed by atoms with Crippen LogP contribution in [0.4, 0.5) is 0 Å². The maximum atomic E-state index is 12.7. The summed E-state index contributed by atoms with van der Waals surface area (Å²) in [7, 11) is 0. The number of carbonyl (C=O) groups is 1. The number of halogens is 1. The van der Waals surface area contributed by atoms with E-state index in [0.29, 0.717) is 22.0 Å². The molecule has 4 nitrogen and oxygen atoms in total. The fourth-order valence-corrected chi connectivity index (χ4v) is 2.66. The Labute approximate surface area is 145 Å². The van der Waals surface area contributed by atoms with E-state index in [0.717, 1.165) is 11.1 Å². The molecule has 24 heavy (non-hydrogen) atoms. The first-order valence-electron chi connectivity index (χ1n) is 7.64. The summed E-state index contributed by atoms with van der Waals surface area (Å²) in [5, 5.41) is 7.70. The SMILES string of the molecule is Cc1onc(-c2ccccc2)c1C(=O)NC(C)c1ccc(Cl)cc1. The molecular weight excluding hydrogens is 324 g/mol. The first kappa shape index (κ1) is 16.3. The Morgan fingerprint density at radius 1 is 1.12 bits per heavy atom. The fraction of sp³-hybridized carbons (Fsp3) is 0.158. The van der Waals surface area contributed by atoms with Crippen LogP contribution in [0.5, 0.6) is 0 Å². The van der Waals surface area contributed by atoms with Crippen LogP contribution in [-0.4, -0.2) is 11.1 Å². The Hall–Kier alpha value is -2.59. The maximum Gasteiger partial charge on any atom is 0.257 e. The quantitative estimate of drug-likeness (QED) is 0.742. The van der Waals surface area contributed by atoms with Gasteiger partial charge in [-0.25, -0.2) is 0 Å². The summed E-state index contributed by atoms with van der Waals surface area (Å²) in [6.07, 6.45) is 0. The Morgan fingerprint density at radius 3 is 2.46 bits per heavy atom. The minimum Gasteiger partial charge on any atom is -0.360 e. The van der Waals surface area contributed by atoms with Gasteiger partial charge < -0.3 is 9.84 Å². The van der Waals surface area contributed by atoms with Crippen LogP contribution in [-0.2, 0) is 0 Å². The van der Waals surface area contributed by atoms with Gasteiger partial charge in [0, 0.05) is 10.6 Å². The lowest BCUT2D eigenvalue weighted by Gasteiger charge is -2.14. The van der Waals surface area contributed by atoms with E-state index in [9.17, 15) is 4.79 Å². The first-order chi connectivity index (χ1) is 11.6. The maximum absolute atomic E-state index is 12.7. The predicted molar refractivity (Wildman–Crippen MR) is 94.0 cm³/mol. The van der Waals surface area contributed by atoms with Crippen molar-refractivity contribution in [2.45, 2.75) is 19.9 Å². The van der Waals surface area contributed by atoms with Gasteiger partial charge in [0.15, 0.2) is 0 Å². The standard InChI is InChI=1S/C19H17ClN2O2/c1-12(14-8-10-16(20)11-9-14)21-19(23)17-13(2)24-22-18(17)15-6-4-3-5-7-15/h3-12H,1-2H3,(H,21,23). The molecule has 0 saturated heterocycles. The minimum absolute atomic E-state index is 0.160. The molecule has 0 bridgehead atoms. The molecule has 0 radical (unpaired) electrons. The number of nitrogens with zero attached hydrogens (tertiary/aromatic N) is 1. The predicted octanol–water partition coefficient (Wildman–Crippen LogP) is 4.79. The summed E-state index contributed by atoms with van der Waals surface area (Å²) in [5.74, 6) is 0.282. The number of hydrogen-bond acceptors (Lipinski definition) is 3. The van der Waals surface area contributed by atoms with Gasteiger partial charge in [-0.1, -0.05) is 59.2 Å². The number of aromatic nitrogens is 1. The molecule has 3 rings (SSSR count). The Bertz CT molecular complexity index is 842. The van der Waals surface area contributed by atoms with Gasteiger partial charge in [-0.3, -0.25) is 4.79 Å². The van der Waals surface area contributed by atoms with Crippen molar-refractivity contribution < 1.29 is 9.32 Å². The molecular formula is C19H17ClN2O2. The second-order valence-electron chi connectivity index (χ2n) is 5.58. The average Bonchev–Trinajstić information content (AvgIpc) is 2.98. The highest BCUT2D eigenvalue weighted by molar-refractivity contribution is 6.30. The third-order valence-corrected chi connectivity index (χ3v) is 4.11. The molecule has 1 heterocycles. The van der Waals surface area contributed by atoms with Crippen LogP contribution in [0, 0.1) is 6.92 Å². The summed E-state index contributed by atoms with van der Waals surface area (Å²) in [4.78, 5) is 12.7. The van der Waals surface area contributed by atoms with E-state index in [4.69, 9.17) is 16.1 Å². The van der Waals surface area contributed by atoms with E-state index >= 15 is 0 Å². The van der Waals surface area contributed by atoms with Crippen LogP contribution >= 0.6 is 11.6 Å². The normalized spacial score (nSPS) is 12.0. The van der Waals surface area contributed by atoms with Crippen LogP contribution in [0.2, 0.25) is 5.02 Å². The molecule has 122 valence electrons. The zero-order valence-corrected chi connectivity index (χ0v) is 14.2. The Balaban J connectivity index is 1.85. The van der Waals surface area contributed by atoms with E-state index in [1.54, 1.807) is 19.1 Å². The number of nitrogens with one attached hydrogen (secondary N) is 1. The lowest BCUT2D eigenvalue weighted by Crippen LogP contribution is -2.27. The highest BCUT2D eigenvalue weighted by atomic mass is 35.5. The van der Waals surface area contributed by atoms with Crippen LogP contribution in [0.1, 0.15) is 34.6 Å². The second-order valence-corrected chi connectivity index (χ2v) is 6.01. The Morgan fingerprint density at radius 2 is 1.79 bits per heavy atom. The van der Waals surface area contributed by atoms with Gasteiger partial charge in [0.05, 0.1) is 6.04 Å². The van der Waals surface area contributed by atoms with E-state index in [1.165, 1.54) is 0 Å². The summed E-state index contributed by atoms with van der Waals surface area (Å²) in [6.45, 7) is 3.66. The minimum atomic E-state index is -0.213. The van der Waals surface area contributed by atoms with Gasteiger partial charge in [0.25, 0.3) is 5.91 Å². The fourth-order valence-electron chi connectivity index (χ4n) is 2.54. The molecule has 1 aromatic heterocycles. The van der Waals surface area contributed by atoms with Crippen LogP contribution in [0.3, 0.4) is 0 Å². The molecule has 1 unspecified atom stereocenters. The third-order valence-electron chi connectivity index (χ3n) is 3.85. The van der Waals surface area contributed by atoms with Gasteiger partial charge in [0.2, 0.25) is 0 Å². The molecule has 5 heteroatoms. The molecule has 1 atom stereocenters. The van der Waals surface area contributed by atoms with Crippen molar-refractivity contribution in [3.05, 3.63) is 76.5 Å². The molecule has 0 aliphatic carbocycles. The van der Waals surface area contributed by atoms with Crippen LogP contribution < -0.4 is 5.32 Å². The van der Waals surface area contributed by atoms with Crippen molar-refractivity contribution in [2.75, 3.05) is 0 Å². The van der Waals surface area contributed by atoms with Crippen molar-refractivity contribution in [2.24, 2.45) is 0 Å². The monoisotopic (exact) mass is 340 g/mol. The van der Waals surface area contributed by atoms with Crippen molar-refractivity contribution in [1.82, 2.24) is 10.5 Å². The molecule has 0 spiro atoms. The van der Waals surface area contributed by atoms with Gasteiger partial charge in [-0.2, -0.15) is 0 Å². The zero-order chi connectivity index (χ0) is 17.1. The average molecular weight is 341 g/mol. The number of benzene rings is 2. The molecule has 0 aliphatic rings. The number of carbonyl (C=O) groups excluding carboxylic acids is 1. The Kier molecular flexibility index (Phi) is 4.67. The highest BCUT2D eigenvalue weighted by Gasteiger charge is 2.22. The first-order valence-corrected chi connectivity index (χ1v) is 8.02. The summed E-state index contributed by atoms with van der Waals surface area (Å²) < 4.78 is 5.25. The molecule has 0 fully saturated rings. The molecule has 3 aromatic rings. The smallest absolute Gasteiger partial charge is 0.257 e. The number of amides is 1. The summed E-state index contributed by atoms with van der Waals surface area (Å²) in [6, 6.07) is 16.8. The number of hydrogen-bond donors (Lipinski definition) is 1. The molecule has 0 saturated carbocycles. The molecule has 0 aliphatic heterocycles. The topological polar surface area (TPSA) is 55.1 Å². The molecule has 2 aromatic carbocycles. The van der Waals surface area contributed by atoms with Gasteiger partial charge in [-0.05, 0) is 31.5 Å². The second kappa shape index (κ2) is 6.89. The van der Waals surface area contributed by atoms with E-state index in [2.05, 4.69) is 10.5 Å². The molecule has 1 N–H and O–H groups in total. The van der Waals surface area contributed by atoms with Crippen molar-refractivity contribution >= 4 is 17.5 Å². The van der Waals surface area contributed by atoms with Gasteiger partial charge >= 0.3 is 0 Å². The molecule has 1 amide bonds. The van der Waals surface area contributed by atoms with Gasteiger partial charge in [-0.15, -0.1) is 0 Å². The van der Waals surface area contributed by atoms with E-state index in [-0.39, 0.29) is 11.9 Å². The van der Waals surface area contributed by atoms with Gasteiger partial charge in [0.1, 0.15) is 17.0 Å². The van der Waals surface area contributed by atoms with E-state index in [1.807, 2.05) is 49.4 Å². The highest BCUT2D eigenvalue weighted by Crippen LogP contribution is 2.26. The summed E-state index contributed by atoms with van der Waals surface area (Å²) >= 11 is 5.90. The zero-order valence-electron chi connectivity index (χ0n) is 13.4. The lowest BCUT2D eigenvalue weighted by molar-refractivity contribution is 0.0939. The number of rotatable bonds is 4.